The molecule has 146 valence electrons. The molecule has 0 aliphatic carbocycles. The van der Waals surface area contributed by atoms with Crippen LogP contribution in [0.1, 0.15) is 24.5 Å². The van der Waals surface area contributed by atoms with Crippen LogP contribution >= 0.6 is 0 Å². The maximum Gasteiger partial charge on any atom is 0.311 e. The van der Waals surface area contributed by atoms with Gasteiger partial charge in [0.15, 0.2) is 6.61 Å². The zero-order valence-electron chi connectivity index (χ0n) is 16.1. The Morgan fingerprint density at radius 2 is 1.89 bits per heavy atom. The number of rotatable bonds is 6. The van der Waals surface area contributed by atoms with Crippen LogP contribution in [0.2, 0.25) is 0 Å². The Morgan fingerprint density at radius 1 is 1.14 bits per heavy atom. The Balaban J connectivity index is 1.55. The molecule has 0 aromatic heterocycles. The molecule has 3 rings (SSSR count). The summed E-state index contributed by atoms with van der Waals surface area (Å²) in [4.78, 5) is 38.4. The van der Waals surface area contributed by atoms with Crippen LogP contribution in [0.3, 0.4) is 0 Å². The number of hydrogen-bond donors (Lipinski definition) is 1. The average Bonchev–Trinajstić information content (AvgIpc) is 3.10. The van der Waals surface area contributed by atoms with Crippen molar-refractivity contribution in [1.82, 2.24) is 0 Å². The molecule has 2 aromatic carbocycles. The highest BCUT2D eigenvalue weighted by Gasteiger charge is 2.36. The third kappa shape index (κ3) is 4.39. The molecule has 1 saturated heterocycles. The largest absolute Gasteiger partial charge is 0.455 e. The van der Waals surface area contributed by atoms with Crippen molar-refractivity contribution >= 4 is 29.2 Å². The number of nitrogens with one attached hydrogen (secondary N) is 1. The summed E-state index contributed by atoms with van der Waals surface area (Å²) < 4.78 is 5.18. The molecule has 6 nitrogen and oxygen atoms in total. The molecule has 1 aliphatic rings. The normalized spacial score (nSPS) is 16.1. The van der Waals surface area contributed by atoms with Gasteiger partial charge in [-0.25, -0.2) is 0 Å². The van der Waals surface area contributed by atoms with Crippen LogP contribution < -0.4 is 10.2 Å². The number of nitrogens with zero attached hydrogens (tertiary/aromatic N) is 1. The lowest BCUT2D eigenvalue weighted by atomic mass is 10.1. The highest BCUT2D eigenvalue weighted by molar-refractivity contribution is 6.00. The standard InChI is InChI=1S/C22H24N2O4/c1-3-16-9-7-8-15(2)21(16)23-19(25)14-28-22(27)17-12-20(26)24(13-17)18-10-5-4-6-11-18/h4-11,17H,3,12-14H2,1-2H3,(H,23,25)/t17-/m1/s1. The van der Waals surface area contributed by atoms with Gasteiger partial charge in [-0.15, -0.1) is 0 Å². The molecule has 0 bridgehead atoms. The third-order valence-electron chi connectivity index (χ3n) is 4.88. The smallest absolute Gasteiger partial charge is 0.311 e. The Bertz CT molecular complexity index is 879. The molecule has 1 aliphatic heterocycles. The van der Waals surface area contributed by atoms with Crippen molar-refractivity contribution in [3.8, 4) is 0 Å². The lowest BCUT2D eigenvalue weighted by Crippen LogP contribution is -2.28. The first kappa shape index (κ1) is 19.6. The molecule has 0 saturated carbocycles. The van der Waals surface area contributed by atoms with E-state index >= 15 is 0 Å². The highest BCUT2D eigenvalue weighted by atomic mass is 16.5. The summed E-state index contributed by atoms with van der Waals surface area (Å²) in [5.41, 5.74) is 3.50. The average molecular weight is 380 g/mol. The monoisotopic (exact) mass is 380 g/mol. The predicted octanol–water partition coefficient (Wildman–Crippen LogP) is 3.09. The van der Waals surface area contributed by atoms with Gasteiger partial charge in [-0.2, -0.15) is 0 Å². The fourth-order valence-corrected chi connectivity index (χ4v) is 3.35. The van der Waals surface area contributed by atoms with Gasteiger partial charge in [-0.1, -0.05) is 43.3 Å². The van der Waals surface area contributed by atoms with E-state index in [2.05, 4.69) is 5.32 Å². The quantitative estimate of drug-likeness (QED) is 0.782. The van der Waals surface area contributed by atoms with Crippen molar-refractivity contribution < 1.29 is 19.1 Å². The van der Waals surface area contributed by atoms with Crippen LogP contribution in [0.15, 0.2) is 48.5 Å². The minimum Gasteiger partial charge on any atom is -0.455 e. The van der Waals surface area contributed by atoms with Crippen molar-refractivity contribution in [3.05, 3.63) is 59.7 Å². The van der Waals surface area contributed by atoms with E-state index < -0.39 is 11.9 Å². The number of esters is 1. The van der Waals surface area contributed by atoms with Crippen LogP contribution in [-0.2, 0) is 25.5 Å². The number of para-hydroxylation sites is 2. The summed E-state index contributed by atoms with van der Waals surface area (Å²) in [6.45, 7) is 3.83. The summed E-state index contributed by atoms with van der Waals surface area (Å²) in [5.74, 6) is -1.60. The van der Waals surface area contributed by atoms with Crippen molar-refractivity contribution in [2.75, 3.05) is 23.4 Å². The van der Waals surface area contributed by atoms with E-state index in [1.807, 2.05) is 62.4 Å². The lowest BCUT2D eigenvalue weighted by Gasteiger charge is -2.16. The summed E-state index contributed by atoms with van der Waals surface area (Å²) in [6.07, 6.45) is 0.879. The molecular formula is C22H24N2O4. The van der Waals surface area contributed by atoms with Gasteiger partial charge in [0.25, 0.3) is 5.91 Å². The summed E-state index contributed by atoms with van der Waals surface area (Å²) in [6, 6.07) is 15.0. The minimum atomic E-state index is -0.565. The minimum absolute atomic E-state index is 0.0904. The van der Waals surface area contributed by atoms with Gasteiger partial charge in [0.1, 0.15) is 0 Å². The van der Waals surface area contributed by atoms with Crippen molar-refractivity contribution in [1.29, 1.82) is 0 Å². The second kappa shape index (κ2) is 8.69. The molecule has 6 heteroatoms. The van der Waals surface area contributed by atoms with Crippen LogP contribution in [0, 0.1) is 12.8 Å². The number of aryl methyl sites for hydroxylation is 2. The van der Waals surface area contributed by atoms with E-state index in [4.69, 9.17) is 4.74 Å². The molecule has 0 unspecified atom stereocenters. The topological polar surface area (TPSA) is 75.7 Å². The van der Waals surface area contributed by atoms with E-state index in [9.17, 15) is 14.4 Å². The molecule has 1 N–H and O–H groups in total. The molecule has 1 fully saturated rings. The first-order chi connectivity index (χ1) is 13.5. The van der Waals surface area contributed by atoms with Crippen LogP contribution in [0.25, 0.3) is 0 Å². The molecular weight excluding hydrogens is 356 g/mol. The molecule has 28 heavy (non-hydrogen) atoms. The predicted molar refractivity (Wildman–Crippen MR) is 107 cm³/mol. The number of benzene rings is 2. The van der Waals surface area contributed by atoms with Gasteiger partial charge in [0.05, 0.1) is 5.92 Å². The first-order valence-corrected chi connectivity index (χ1v) is 9.40. The fraction of sp³-hybridized carbons (Fsp3) is 0.318. The van der Waals surface area contributed by atoms with Gasteiger partial charge in [0.2, 0.25) is 5.91 Å². The highest BCUT2D eigenvalue weighted by Crippen LogP contribution is 2.25. The second-order valence-electron chi connectivity index (χ2n) is 6.86. The van der Waals surface area contributed by atoms with Crippen LogP contribution in [-0.4, -0.2) is 30.9 Å². The van der Waals surface area contributed by atoms with E-state index in [1.165, 1.54) is 0 Å². The summed E-state index contributed by atoms with van der Waals surface area (Å²) in [5, 5.41) is 2.83. The van der Waals surface area contributed by atoms with Gasteiger partial charge in [-0.05, 0) is 36.6 Å². The number of carbonyl (C=O) groups excluding carboxylic acids is 3. The van der Waals surface area contributed by atoms with Crippen molar-refractivity contribution in [2.45, 2.75) is 26.7 Å². The van der Waals surface area contributed by atoms with Gasteiger partial charge in [0, 0.05) is 24.3 Å². The summed E-state index contributed by atoms with van der Waals surface area (Å²) >= 11 is 0. The molecule has 0 radical (unpaired) electrons. The maximum absolute atomic E-state index is 12.3. The van der Waals surface area contributed by atoms with Gasteiger partial charge >= 0.3 is 5.97 Å². The SMILES string of the molecule is CCc1cccc(C)c1NC(=O)COC(=O)[C@@H]1CC(=O)N(c2ccccc2)C1. The number of hydrogen-bond acceptors (Lipinski definition) is 4. The first-order valence-electron chi connectivity index (χ1n) is 9.40. The zero-order valence-corrected chi connectivity index (χ0v) is 16.1. The Labute approximate surface area is 164 Å². The molecule has 1 atom stereocenters. The van der Waals surface area contributed by atoms with Crippen molar-refractivity contribution in [3.63, 3.8) is 0 Å². The number of anilines is 2. The Morgan fingerprint density at radius 3 is 2.61 bits per heavy atom. The molecule has 0 spiro atoms. The van der Waals surface area contributed by atoms with Crippen LogP contribution in [0.5, 0.6) is 0 Å². The maximum atomic E-state index is 12.3. The third-order valence-corrected chi connectivity index (χ3v) is 4.88. The number of amides is 2. The van der Waals surface area contributed by atoms with E-state index in [1.54, 1.807) is 4.90 Å². The Kier molecular flexibility index (Phi) is 6.09. The molecule has 2 aromatic rings. The zero-order chi connectivity index (χ0) is 20.1. The molecule has 2 amide bonds. The molecule has 1 heterocycles. The summed E-state index contributed by atoms with van der Waals surface area (Å²) in [7, 11) is 0. The lowest BCUT2D eigenvalue weighted by molar-refractivity contribution is -0.151. The van der Waals surface area contributed by atoms with Gasteiger partial charge in [-0.3, -0.25) is 14.4 Å². The number of carbonyl (C=O) groups is 3. The van der Waals surface area contributed by atoms with E-state index in [0.717, 1.165) is 28.9 Å². The van der Waals surface area contributed by atoms with E-state index in [0.29, 0.717) is 0 Å². The van der Waals surface area contributed by atoms with Crippen LogP contribution in [0.4, 0.5) is 11.4 Å². The fourth-order valence-electron chi connectivity index (χ4n) is 3.35. The number of ether oxygens (including phenoxy) is 1. The van der Waals surface area contributed by atoms with Gasteiger partial charge < -0.3 is 15.0 Å². The van der Waals surface area contributed by atoms with Crippen molar-refractivity contribution in [2.24, 2.45) is 5.92 Å². The second-order valence-corrected chi connectivity index (χ2v) is 6.86. The van der Waals surface area contributed by atoms with E-state index in [-0.39, 0.29) is 31.4 Å². The Hall–Kier alpha value is -3.15.